The van der Waals surface area contributed by atoms with E-state index >= 15 is 0 Å². The van der Waals surface area contributed by atoms with Crippen molar-refractivity contribution >= 4 is 17.6 Å². The maximum absolute atomic E-state index is 12.3. The number of hydrogen-bond acceptors (Lipinski definition) is 4. The van der Waals surface area contributed by atoms with Gasteiger partial charge in [0.2, 0.25) is 11.8 Å². The standard InChI is InChI=1S/C16H24N4O2/c1-12-6-7-14(18-10-12)19-16(22)13-4-3-9-20(11-13)15(21)5-2-8-17/h6-7,10,13H,2-5,8-9,11,17H2,1H3,(H,18,19,22). The van der Waals surface area contributed by atoms with Crippen LogP contribution in [-0.2, 0) is 9.59 Å². The summed E-state index contributed by atoms with van der Waals surface area (Å²) in [5.41, 5.74) is 6.49. The molecule has 1 saturated heterocycles. The van der Waals surface area contributed by atoms with Crippen LogP contribution in [0, 0.1) is 12.8 Å². The fourth-order valence-corrected chi connectivity index (χ4v) is 2.60. The molecule has 0 saturated carbocycles. The molecule has 120 valence electrons. The van der Waals surface area contributed by atoms with Gasteiger partial charge in [-0.05, 0) is 44.4 Å². The summed E-state index contributed by atoms with van der Waals surface area (Å²) in [6.07, 6.45) is 4.54. The zero-order valence-electron chi connectivity index (χ0n) is 13.0. The Morgan fingerprint density at radius 2 is 2.27 bits per heavy atom. The number of likely N-dealkylation sites (tertiary alicyclic amines) is 1. The van der Waals surface area contributed by atoms with Crippen molar-refractivity contribution in [2.24, 2.45) is 11.7 Å². The minimum atomic E-state index is -0.168. The second-order valence-corrected chi connectivity index (χ2v) is 5.78. The van der Waals surface area contributed by atoms with E-state index in [0.717, 1.165) is 24.9 Å². The molecule has 0 aliphatic carbocycles. The zero-order chi connectivity index (χ0) is 15.9. The highest BCUT2D eigenvalue weighted by molar-refractivity contribution is 5.92. The van der Waals surface area contributed by atoms with Crippen LogP contribution in [0.2, 0.25) is 0 Å². The largest absolute Gasteiger partial charge is 0.342 e. The highest BCUT2D eigenvalue weighted by Gasteiger charge is 2.28. The fourth-order valence-electron chi connectivity index (χ4n) is 2.60. The number of anilines is 1. The molecule has 1 unspecified atom stereocenters. The van der Waals surface area contributed by atoms with Gasteiger partial charge in [-0.15, -0.1) is 0 Å². The predicted molar refractivity (Wildman–Crippen MR) is 85.2 cm³/mol. The first-order valence-electron chi connectivity index (χ1n) is 7.81. The molecule has 1 atom stereocenters. The van der Waals surface area contributed by atoms with E-state index in [1.807, 2.05) is 13.0 Å². The lowest BCUT2D eigenvalue weighted by molar-refractivity contribution is -0.134. The Balaban J connectivity index is 1.89. The van der Waals surface area contributed by atoms with Crippen LogP contribution in [0.25, 0.3) is 0 Å². The average molecular weight is 304 g/mol. The first-order chi connectivity index (χ1) is 10.6. The van der Waals surface area contributed by atoms with Gasteiger partial charge in [0.25, 0.3) is 0 Å². The number of rotatable bonds is 5. The smallest absolute Gasteiger partial charge is 0.230 e. The van der Waals surface area contributed by atoms with Crippen LogP contribution >= 0.6 is 0 Å². The van der Waals surface area contributed by atoms with Gasteiger partial charge in [0.1, 0.15) is 5.82 Å². The van der Waals surface area contributed by atoms with Gasteiger partial charge in [-0.2, -0.15) is 0 Å². The number of nitrogens with zero attached hydrogens (tertiary/aromatic N) is 2. The predicted octanol–water partition coefficient (Wildman–Crippen LogP) is 1.31. The molecule has 2 amide bonds. The molecular weight excluding hydrogens is 280 g/mol. The number of aryl methyl sites for hydroxylation is 1. The summed E-state index contributed by atoms with van der Waals surface area (Å²) >= 11 is 0. The molecule has 1 fully saturated rings. The maximum atomic E-state index is 12.3. The molecule has 6 nitrogen and oxygen atoms in total. The summed E-state index contributed by atoms with van der Waals surface area (Å²) in [6.45, 7) is 3.68. The highest BCUT2D eigenvalue weighted by Crippen LogP contribution is 2.19. The molecule has 1 aromatic heterocycles. The van der Waals surface area contributed by atoms with Crippen molar-refractivity contribution in [2.75, 3.05) is 25.0 Å². The van der Waals surface area contributed by atoms with Crippen LogP contribution in [0.3, 0.4) is 0 Å². The topological polar surface area (TPSA) is 88.3 Å². The van der Waals surface area contributed by atoms with Crippen LogP contribution in [0.4, 0.5) is 5.82 Å². The van der Waals surface area contributed by atoms with Crippen LogP contribution < -0.4 is 11.1 Å². The number of amides is 2. The molecule has 1 aliphatic heterocycles. The summed E-state index contributed by atoms with van der Waals surface area (Å²) in [6, 6.07) is 3.70. The Labute approximate surface area is 131 Å². The van der Waals surface area contributed by atoms with Gasteiger partial charge in [0, 0.05) is 25.7 Å². The first-order valence-corrected chi connectivity index (χ1v) is 7.81. The van der Waals surface area contributed by atoms with Gasteiger partial charge in [-0.3, -0.25) is 9.59 Å². The fraction of sp³-hybridized carbons (Fsp3) is 0.562. The monoisotopic (exact) mass is 304 g/mol. The summed E-state index contributed by atoms with van der Waals surface area (Å²) < 4.78 is 0. The van der Waals surface area contributed by atoms with Gasteiger partial charge in [-0.1, -0.05) is 6.07 Å². The Kier molecular flexibility index (Phi) is 5.89. The average Bonchev–Trinajstić information content (AvgIpc) is 2.54. The second-order valence-electron chi connectivity index (χ2n) is 5.78. The zero-order valence-corrected chi connectivity index (χ0v) is 13.0. The van der Waals surface area contributed by atoms with Crippen LogP contribution in [0.1, 0.15) is 31.2 Å². The van der Waals surface area contributed by atoms with Gasteiger partial charge < -0.3 is 16.0 Å². The lowest BCUT2D eigenvalue weighted by Crippen LogP contribution is -2.43. The third-order valence-electron chi connectivity index (χ3n) is 3.90. The molecular formula is C16H24N4O2. The first kappa shape index (κ1) is 16.4. The summed E-state index contributed by atoms with van der Waals surface area (Å²) in [5.74, 6) is 0.421. The molecule has 1 aliphatic rings. The lowest BCUT2D eigenvalue weighted by atomic mass is 9.96. The number of hydrogen-bond donors (Lipinski definition) is 2. The Morgan fingerprint density at radius 3 is 2.95 bits per heavy atom. The number of pyridine rings is 1. The number of carbonyl (C=O) groups is 2. The number of aromatic nitrogens is 1. The Morgan fingerprint density at radius 1 is 1.45 bits per heavy atom. The van der Waals surface area contributed by atoms with E-state index in [-0.39, 0.29) is 17.7 Å². The van der Waals surface area contributed by atoms with E-state index < -0.39 is 0 Å². The van der Waals surface area contributed by atoms with Crippen molar-refractivity contribution < 1.29 is 9.59 Å². The van der Waals surface area contributed by atoms with Crippen molar-refractivity contribution in [1.82, 2.24) is 9.88 Å². The van der Waals surface area contributed by atoms with Gasteiger partial charge in [0.15, 0.2) is 0 Å². The van der Waals surface area contributed by atoms with Crippen molar-refractivity contribution in [3.63, 3.8) is 0 Å². The Bertz CT molecular complexity index is 515. The van der Waals surface area contributed by atoms with Crippen LogP contribution in [0.15, 0.2) is 18.3 Å². The molecule has 2 heterocycles. The normalized spacial score (nSPS) is 18.1. The third-order valence-corrected chi connectivity index (χ3v) is 3.90. The van der Waals surface area contributed by atoms with E-state index in [2.05, 4.69) is 10.3 Å². The summed E-state index contributed by atoms with van der Waals surface area (Å²) in [7, 11) is 0. The van der Waals surface area contributed by atoms with Crippen molar-refractivity contribution in [3.05, 3.63) is 23.9 Å². The summed E-state index contributed by atoms with van der Waals surface area (Å²) in [5, 5.41) is 2.83. The van der Waals surface area contributed by atoms with E-state index in [9.17, 15) is 9.59 Å². The number of piperidine rings is 1. The molecule has 22 heavy (non-hydrogen) atoms. The molecule has 0 spiro atoms. The molecule has 0 bridgehead atoms. The number of carbonyl (C=O) groups excluding carboxylic acids is 2. The number of nitrogens with two attached hydrogens (primary N) is 1. The molecule has 0 radical (unpaired) electrons. The van der Waals surface area contributed by atoms with Gasteiger partial charge in [-0.25, -0.2) is 4.98 Å². The molecule has 1 aromatic rings. The molecule has 0 aromatic carbocycles. The highest BCUT2D eigenvalue weighted by atomic mass is 16.2. The summed E-state index contributed by atoms with van der Waals surface area (Å²) in [4.78, 5) is 30.3. The minimum Gasteiger partial charge on any atom is -0.342 e. The lowest BCUT2D eigenvalue weighted by Gasteiger charge is -2.32. The maximum Gasteiger partial charge on any atom is 0.230 e. The third kappa shape index (κ3) is 4.53. The second kappa shape index (κ2) is 7.89. The molecule has 6 heteroatoms. The van der Waals surface area contributed by atoms with Crippen molar-refractivity contribution in [2.45, 2.75) is 32.6 Å². The van der Waals surface area contributed by atoms with E-state index in [1.165, 1.54) is 0 Å². The van der Waals surface area contributed by atoms with Crippen LogP contribution in [-0.4, -0.2) is 41.3 Å². The molecule has 2 rings (SSSR count). The van der Waals surface area contributed by atoms with Gasteiger partial charge >= 0.3 is 0 Å². The van der Waals surface area contributed by atoms with Crippen molar-refractivity contribution in [1.29, 1.82) is 0 Å². The number of nitrogens with one attached hydrogen (secondary N) is 1. The van der Waals surface area contributed by atoms with E-state index in [1.54, 1.807) is 17.2 Å². The SMILES string of the molecule is Cc1ccc(NC(=O)C2CCCN(C(=O)CCCN)C2)nc1. The Hall–Kier alpha value is -1.95. The van der Waals surface area contributed by atoms with Crippen LogP contribution in [0.5, 0.6) is 0 Å². The van der Waals surface area contributed by atoms with Crippen molar-refractivity contribution in [3.8, 4) is 0 Å². The van der Waals surface area contributed by atoms with E-state index in [0.29, 0.717) is 31.7 Å². The molecule has 3 N–H and O–H groups in total. The minimum absolute atomic E-state index is 0.0623. The quantitative estimate of drug-likeness (QED) is 0.858. The van der Waals surface area contributed by atoms with E-state index in [4.69, 9.17) is 5.73 Å². The van der Waals surface area contributed by atoms with Gasteiger partial charge in [0.05, 0.1) is 5.92 Å².